The zero-order chi connectivity index (χ0) is 17.4. The number of carbonyl (C=O) groups is 2. The van der Waals surface area contributed by atoms with Crippen molar-refractivity contribution in [1.82, 2.24) is 5.32 Å². The number of aliphatic hydroxyl groups excluding tert-OH is 1. The van der Waals surface area contributed by atoms with Crippen molar-refractivity contribution in [1.29, 1.82) is 0 Å². The molecule has 0 radical (unpaired) electrons. The molecule has 0 spiro atoms. The number of allylic oxidation sites excluding steroid dienone is 2. The smallest absolute Gasteiger partial charge is 0.252 e. The van der Waals surface area contributed by atoms with Crippen LogP contribution >= 0.6 is 0 Å². The van der Waals surface area contributed by atoms with Crippen molar-refractivity contribution in [3.63, 3.8) is 0 Å². The van der Waals surface area contributed by atoms with Crippen LogP contribution in [0.4, 0.5) is 0 Å². The lowest BCUT2D eigenvalue weighted by Gasteiger charge is -2.19. The summed E-state index contributed by atoms with van der Waals surface area (Å²) in [6.45, 7) is 0.705. The highest BCUT2D eigenvalue weighted by atomic mass is 16.5. The van der Waals surface area contributed by atoms with Gasteiger partial charge in [0, 0.05) is 24.3 Å². The summed E-state index contributed by atoms with van der Waals surface area (Å²) in [6, 6.07) is 5.80. The van der Waals surface area contributed by atoms with Gasteiger partial charge in [-0.15, -0.1) is 0 Å². The molecule has 0 saturated heterocycles. The topological polar surface area (TPSA) is 98.7 Å². The van der Waals surface area contributed by atoms with Crippen LogP contribution in [-0.4, -0.2) is 42.8 Å². The SMILES string of the molecule is O=C([O-])c1ccccc1C(=O)NC[C@H](O)COC[C@H]1CC=CCC1. The first-order chi connectivity index (χ1) is 11.6. The number of rotatable bonds is 8. The van der Waals surface area contributed by atoms with Crippen LogP contribution in [0.2, 0.25) is 0 Å². The highest BCUT2D eigenvalue weighted by Crippen LogP contribution is 2.18. The summed E-state index contributed by atoms with van der Waals surface area (Å²) in [7, 11) is 0. The Morgan fingerprint density at radius 2 is 2.04 bits per heavy atom. The van der Waals surface area contributed by atoms with Gasteiger partial charge in [-0.2, -0.15) is 0 Å². The predicted molar refractivity (Wildman–Crippen MR) is 86.4 cm³/mol. The Balaban J connectivity index is 1.73. The molecule has 2 N–H and O–H groups in total. The second-order valence-electron chi connectivity index (χ2n) is 5.88. The Bertz CT molecular complexity index is 599. The molecule has 0 saturated carbocycles. The molecule has 24 heavy (non-hydrogen) atoms. The van der Waals surface area contributed by atoms with E-state index in [1.165, 1.54) is 18.2 Å². The molecule has 1 aromatic carbocycles. The summed E-state index contributed by atoms with van der Waals surface area (Å²) >= 11 is 0. The number of aliphatic hydroxyl groups is 1. The van der Waals surface area contributed by atoms with Gasteiger partial charge in [-0.1, -0.05) is 30.4 Å². The minimum Gasteiger partial charge on any atom is -0.545 e. The molecule has 0 aliphatic heterocycles. The number of carboxylic acid groups (broad SMARTS) is 1. The van der Waals surface area contributed by atoms with Crippen LogP contribution in [0.3, 0.4) is 0 Å². The van der Waals surface area contributed by atoms with Crippen molar-refractivity contribution >= 4 is 11.9 Å². The predicted octanol–water partition coefficient (Wildman–Crippen LogP) is 0.514. The third kappa shape index (κ3) is 5.47. The highest BCUT2D eigenvalue weighted by molar-refractivity contribution is 6.04. The van der Waals surface area contributed by atoms with Gasteiger partial charge in [-0.05, 0) is 31.2 Å². The number of carboxylic acids is 1. The first-order valence-corrected chi connectivity index (χ1v) is 8.07. The van der Waals surface area contributed by atoms with E-state index in [1.54, 1.807) is 6.07 Å². The van der Waals surface area contributed by atoms with Gasteiger partial charge in [-0.25, -0.2) is 0 Å². The number of hydrogen-bond donors (Lipinski definition) is 2. The fourth-order valence-electron chi connectivity index (χ4n) is 2.60. The number of hydrogen-bond acceptors (Lipinski definition) is 5. The summed E-state index contributed by atoms with van der Waals surface area (Å²) in [5, 5.41) is 23.4. The molecule has 130 valence electrons. The second kappa shape index (κ2) is 9.20. The number of amides is 1. The largest absolute Gasteiger partial charge is 0.545 e. The average Bonchev–Trinajstić information content (AvgIpc) is 2.60. The van der Waals surface area contributed by atoms with E-state index in [2.05, 4.69) is 17.5 Å². The highest BCUT2D eigenvalue weighted by Gasteiger charge is 2.14. The van der Waals surface area contributed by atoms with E-state index in [0.29, 0.717) is 12.5 Å². The lowest BCUT2D eigenvalue weighted by molar-refractivity contribution is -0.255. The van der Waals surface area contributed by atoms with E-state index in [1.807, 2.05) is 0 Å². The number of carbonyl (C=O) groups excluding carboxylic acids is 2. The molecule has 0 aromatic heterocycles. The molecule has 2 atom stereocenters. The summed E-state index contributed by atoms with van der Waals surface area (Å²) in [6.07, 6.45) is 6.60. The Morgan fingerprint density at radius 3 is 2.71 bits per heavy atom. The van der Waals surface area contributed by atoms with Crippen LogP contribution in [-0.2, 0) is 4.74 Å². The molecule has 0 bridgehead atoms. The Morgan fingerprint density at radius 1 is 1.29 bits per heavy atom. The summed E-state index contributed by atoms with van der Waals surface area (Å²) in [5.74, 6) is -1.50. The van der Waals surface area contributed by atoms with Crippen molar-refractivity contribution in [2.45, 2.75) is 25.4 Å². The molecule has 0 unspecified atom stereocenters. The molecular formula is C18H22NO5-. The van der Waals surface area contributed by atoms with Crippen molar-refractivity contribution in [3.8, 4) is 0 Å². The van der Waals surface area contributed by atoms with Gasteiger partial charge in [0.25, 0.3) is 5.91 Å². The third-order valence-corrected chi connectivity index (χ3v) is 3.93. The fraction of sp³-hybridized carbons (Fsp3) is 0.444. The molecule has 6 nitrogen and oxygen atoms in total. The van der Waals surface area contributed by atoms with Gasteiger partial charge in [0.05, 0.1) is 18.7 Å². The molecule has 6 heteroatoms. The van der Waals surface area contributed by atoms with E-state index in [0.717, 1.165) is 19.3 Å². The Labute approximate surface area is 141 Å². The Hall–Kier alpha value is -2.18. The van der Waals surface area contributed by atoms with Gasteiger partial charge in [0.15, 0.2) is 0 Å². The molecule has 0 heterocycles. The van der Waals surface area contributed by atoms with Gasteiger partial charge in [-0.3, -0.25) is 4.79 Å². The van der Waals surface area contributed by atoms with E-state index >= 15 is 0 Å². The van der Waals surface area contributed by atoms with Crippen molar-refractivity contribution in [3.05, 3.63) is 47.5 Å². The molecular weight excluding hydrogens is 310 g/mol. The van der Waals surface area contributed by atoms with Crippen molar-refractivity contribution in [2.75, 3.05) is 19.8 Å². The minimum atomic E-state index is -1.41. The first kappa shape index (κ1) is 18.2. The third-order valence-electron chi connectivity index (χ3n) is 3.93. The molecule has 1 amide bonds. The molecule has 1 aromatic rings. The van der Waals surface area contributed by atoms with Crippen molar-refractivity contribution < 1.29 is 24.5 Å². The minimum absolute atomic E-state index is 0.00914. The number of benzene rings is 1. The van der Waals surface area contributed by atoms with Gasteiger partial charge >= 0.3 is 0 Å². The van der Waals surface area contributed by atoms with Gasteiger partial charge in [0.2, 0.25) is 0 Å². The van der Waals surface area contributed by atoms with Crippen LogP contribution in [0, 0.1) is 5.92 Å². The molecule has 1 aliphatic carbocycles. The normalized spacial score (nSPS) is 18.1. The first-order valence-electron chi connectivity index (χ1n) is 8.07. The molecule has 2 rings (SSSR count). The maximum atomic E-state index is 12.0. The van der Waals surface area contributed by atoms with E-state index in [9.17, 15) is 19.8 Å². The van der Waals surface area contributed by atoms with E-state index in [4.69, 9.17) is 4.74 Å². The summed E-state index contributed by atoms with van der Waals surface area (Å²) in [4.78, 5) is 23.0. The fourth-order valence-corrected chi connectivity index (χ4v) is 2.60. The lowest BCUT2D eigenvalue weighted by Crippen LogP contribution is -2.36. The van der Waals surface area contributed by atoms with Crippen LogP contribution in [0.5, 0.6) is 0 Å². The second-order valence-corrected chi connectivity index (χ2v) is 5.88. The van der Waals surface area contributed by atoms with Crippen LogP contribution in [0.25, 0.3) is 0 Å². The monoisotopic (exact) mass is 332 g/mol. The van der Waals surface area contributed by atoms with Crippen LogP contribution in [0.15, 0.2) is 36.4 Å². The molecule has 1 aliphatic rings. The number of aromatic carboxylic acids is 1. The standard InChI is InChI=1S/C18H23NO5/c20-14(12-24-11-13-6-2-1-3-7-13)10-19-17(21)15-8-4-5-9-16(15)18(22)23/h1-2,4-5,8-9,13-14,20H,3,6-7,10-12H2,(H,19,21)(H,22,23)/p-1/t13-,14-/m0/s1. The maximum Gasteiger partial charge on any atom is 0.252 e. The maximum absolute atomic E-state index is 12.0. The van der Waals surface area contributed by atoms with E-state index in [-0.39, 0.29) is 24.3 Å². The van der Waals surface area contributed by atoms with Gasteiger partial charge < -0.3 is 25.1 Å². The Kier molecular flexibility index (Phi) is 6.96. The van der Waals surface area contributed by atoms with Crippen LogP contribution < -0.4 is 10.4 Å². The quantitative estimate of drug-likeness (QED) is 0.676. The zero-order valence-corrected chi connectivity index (χ0v) is 13.4. The summed E-state index contributed by atoms with van der Waals surface area (Å²) < 4.78 is 5.50. The zero-order valence-electron chi connectivity index (χ0n) is 13.4. The average molecular weight is 332 g/mol. The van der Waals surface area contributed by atoms with Gasteiger partial charge in [0.1, 0.15) is 0 Å². The lowest BCUT2D eigenvalue weighted by atomic mass is 9.95. The van der Waals surface area contributed by atoms with E-state index < -0.39 is 18.0 Å². The number of nitrogens with one attached hydrogen (secondary N) is 1. The summed E-state index contributed by atoms with van der Waals surface area (Å²) in [5.41, 5.74) is -0.161. The van der Waals surface area contributed by atoms with Crippen molar-refractivity contribution in [2.24, 2.45) is 5.92 Å². The number of ether oxygens (including phenoxy) is 1. The van der Waals surface area contributed by atoms with Crippen LogP contribution in [0.1, 0.15) is 40.0 Å². The molecule has 0 fully saturated rings.